The van der Waals surface area contributed by atoms with E-state index < -0.39 is 6.04 Å². The Morgan fingerprint density at radius 2 is 1.94 bits per heavy atom. The predicted octanol–water partition coefficient (Wildman–Crippen LogP) is 6.25. The topological polar surface area (TPSA) is 78.3 Å². The van der Waals surface area contributed by atoms with Gasteiger partial charge in [0.2, 0.25) is 11.1 Å². The van der Waals surface area contributed by atoms with E-state index in [2.05, 4.69) is 17.2 Å². The van der Waals surface area contributed by atoms with Crippen molar-refractivity contribution in [2.75, 3.05) is 17.7 Å². The number of hydrogen-bond donors (Lipinski definition) is 1. The molecule has 1 aromatic heterocycles. The molecular formula is C26H29ClN4O3S. The number of unbranched alkanes of at least 4 members (excludes halogenated alkanes) is 1. The van der Waals surface area contributed by atoms with Gasteiger partial charge in [-0.3, -0.25) is 0 Å². The van der Waals surface area contributed by atoms with Crippen molar-refractivity contribution in [3.05, 3.63) is 76.0 Å². The fraction of sp³-hybridized carbons (Fsp3) is 0.346. The number of ether oxygens (including phenoxy) is 2. The first-order valence-electron chi connectivity index (χ1n) is 11.7. The van der Waals surface area contributed by atoms with Gasteiger partial charge in [0.25, 0.3) is 0 Å². The van der Waals surface area contributed by atoms with E-state index in [4.69, 9.17) is 26.2 Å². The largest absolute Gasteiger partial charge is 0.489 e. The Labute approximate surface area is 214 Å². The van der Waals surface area contributed by atoms with Gasteiger partial charge >= 0.3 is 5.97 Å². The summed E-state index contributed by atoms with van der Waals surface area (Å²) in [7, 11) is 0. The van der Waals surface area contributed by atoms with Crippen molar-refractivity contribution in [3.63, 3.8) is 0 Å². The maximum atomic E-state index is 13.0. The van der Waals surface area contributed by atoms with Gasteiger partial charge in [-0.2, -0.15) is 4.98 Å². The molecule has 0 amide bonds. The second-order valence-electron chi connectivity index (χ2n) is 8.10. The van der Waals surface area contributed by atoms with Crippen LogP contribution in [0.3, 0.4) is 0 Å². The number of fused-ring (bicyclic) bond motifs is 1. The van der Waals surface area contributed by atoms with Crippen LogP contribution in [0.4, 0.5) is 5.95 Å². The van der Waals surface area contributed by atoms with Crippen LogP contribution in [0.1, 0.15) is 50.8 Å². The zero-order chi connectivity index (χ0) is 24.8. The van der Waals surface area contributed by atoms with E-state index in [1.807, 2.05) is 55.5 Å². The fourth-order valence-corrected chi connectivity index (χ4v) is 4.91. The number of hydrogen-bond acceptors (Lipinski definition) is 7. The monoisotopic (exact) mass is 512 g/mol. The Balaban J connectivity index is 1.61. The lowest BCUT2D eigenvalue weighted by molar-refractivity contribution is -0.139. The summed E-state index contributed by atoms with van der Waals surface area (Å²) < 4.78 is 13.1. The quantitative estimate of drug-likeness (QED) is 0.195. The molecule has 0 saturated carbocycles. The van der Waals surface area contributed by atoms with Crippen molar-refractivity contribution in [1.82, 2.24) is 14.8 Å². The molecular weight excluding hydrogens is 484 g/mol. The van der Waals surface area contributed by atoms with E-state index in [1.165, 1.54) is 0 Å². The molecule has 2 aromatic carbocycles. The predicted molar refractivity (Wildman–Crippen MR) is 139 cm³/mol. The van der Waals surface area contributed by atoms with E-state index >= 15 is 0 Å². The van der Waals surface area contributed by atoms with Crippen molar-refractivity contribution in [2.45, 2.75) is 51.4 Å². The minimum absolute atomic E-state index is 0.291. The van der Waals surface area contributed by atoms with Gasteiger partial charge in [0.15, 0.2) is 0 Å². The molecule has 0 spiro atoms. The highest BCUT2D eigenvalue weighted by atomic mass is 35.5. The Morgan fingerprint density at radius 1 is 1.17 bits per heavy atom. The molecule has 1 aliphatic rings. The first-order valence-corrected chi connectivity index (χ1v) is 13.1. The number of benzene rings is 2. The Kier molecular flexibility index (Phi) is 8.36. The van der Waals surface area contributed by atoms with E-state index in [0.29, 0.717) is 46.4 Å². The SMILES string of the molecule is CCCCSc1nc2n(n1)C(c1ccc(OCc3ccccc3Cl)cc1)C(C(=O)OCC)=C(C)N2. The number of rotatable bonds is 10. The molecule has 4 rings (SSSR count). The second-order valence-corrected chi connectivity index (χ2v) is 9.57. The third-order valence-corrected chi connectivity index (χ3v) is 6.90. The first kappa shape index (κ1) is 25.1. The first-order chi connectivity index (χ1) is 17.0. The van der Waals surface area contributed by atoms with Gasteiger partial charge in [-0.25, -0.2) is 9.48 Å². The molecule has 184 valence electrons. The zero-order valence-corrected chi connectivity index (χ0v) is 21.7. The van der Waals surface area contributed by atoms with E-state index in [1.54, 1.807) is 23.4 Å². The summed E-state index contributed by atoms with van der Waals surface area (Å²) in [6.45, 7) is 6.48. The van der Waals surface area contributed by atoms with Crippen LogP contribution in [0, 0.1) is 0 Å². The molecule has 0 saturated heterocycles. The maximum absolute atomic E-state index is 13.0. The smallest absolute Gasteiger partial charge is 0.338 e. The number of nitrogens with zero attached hydrogens (tertiary/aromatic N) is 3. The van der Waals surface area contributed by atoms with Gasteiger partial charge < -0.3 is 14.8 Å². The van der Waals surface area contributed by atoms with Crippen molar-refractivity contribution >= 4 is 35.3 Å². The van der Waals surface area contributed by atoms with E-state index in [0.717, 1.165) is 29.7 Å². The summed E-state index contributed by atoms with van der Waals surface area (Å²) in [4.78, 5) is 17.6. The van der Waals surface area contributed by atoms with Gasteiger partial charge in [-0.05, 0) is 44.0 Å². The standard InChI is InChI=1S/C26H29ClN4O3S/c1-4-6-15-35-26-29-25-28-17(3)22(24(32)33-5-2)23(31(25)30-26)18-11-13-20(14-12-18)34-16-19-9-7-8-10-21(19)27/h7-14,23H,4-6,15-16H2,1-3H3,(H,28,29,30). The number of esters is 1. The molecule has 0 bridgehead atoms. The summed E-state index contributed by atoms with van der Waals surface area (Å²) in [5, 5.41) is 9.32. The van der Waals surface area contributed by atoms with Crippen LogP contribution in [-0.4, -0.2) is 33.1 Å². The third kappa shape index (κ3) is 5.82. The Bertz CT molecular complexity index is 1210. The molecule has 1 atom stereocenters. The third-order valence-electron chi connectivity index (χ3n) is 5.61. The average Bonchev–Trinajstić information content (AvgIpc) is 3.25. The van der Waals surface area contributed by atoms with Gasteiger partial charge in [0.05, 0.1) is 12.2 Å². The van der Waals surface area contributed by atoms with Gasteiger partial charge in [0.1, 0.15) is 18.4 Å². The molecule has 0 radical (unpaired) electrons. The number of carbonyl (C=O) groups excluding carboxylic acids is 1. The summed E-state index contributed by atoms with van der Waals surface area (Å²) in [5.41, 5.74) is 3.02. The molecule has 1 aliphatic heterocycles. The molecule has 7 nitrogen and oxygen atoms in total. The summed E-state index contributed by atoms with van der Waals surface area (Å²) in [6.07, 6.45) is 2.20. The molecule has 3 aromatic rings. The van der Waals surface area contributed by atoms with Crippen LogP contribution in [0.15, 0.2) is 65.0 Å². The number of halogens is 1. The minimum atomic E-state index is -0.462. The lowest BCUT2D eigenvalue weighted by atomic mass is 9.96. The van der Waals surface area contributed by atoms with Gasteiger partial charge in [-0.15, -0.1) is 5.10 Å². The van der Waals surface area contributed by atoms with Crippen LogP contribution in [-0.2, 0) is 16.1 Å². The minimum Gasteiger partial charge on any atom is -0.489 e. The van der Waals surface area contributed by atoms with Gasteiger partial charge in [-0.1, -0.05) is 67.0 Å². The molecule has 35 heavy (non-hydrogen) atoms. The highest BCUT2D eigenvalue weighted by Gasteiger charge is 2.35. The highest BCUT2D eigenvalue weighted by Crippen LogP contribution is 2.37. The number of anilines is 1. The van der Waals surface area contributed by atoms with E-state index in [-0.39, 0.29) is 5.97 Å². The summed E-state index contributed by atoms with van der Waals surface area (Å²) in [5.74, 6) is 1.89. The number of allylic oxidation sites excluding steroid dienone is 1. The zero-order valence-electron chi connectivity index (χ0n) is 20.1. The van der Waals surface area contributed by atoms with Crippen LogP contribution in [0.5, 0.6) is 5.75 Å². The van der Waals surface area contributed by atoms with Crippen molar-refractivity contribution in [3.8, 4) is 5.75 Å². The number of nitrogens with one attached hydrogen (secondary N) is 1. The van der Waals surface area contributed by atoms with Crippen LogP contribution >= 0.6 is 23.4 Å². The maximum Gasteiger partial charge on any atom is 0.338 e. The molecule has 2 heterocycles. The van der Waals surface area contributed by atoms with Crippen LogP contribution < -0.4 is 10.1 Å². The van der Waals surface area contributed by atoms with E-state index in [9.17, 15) is 4.79 Å². The molecule has 9 heteroatoms. The summed E-state index contributed by atoms with van der Waals surface area (Å²) >= 11 is 7.86. The lowest BCUT2D eigenvalue weighted by Crippen LogP contribution is -2.29. The molecule has 1 unspecified atom stereocenters. The fourth-order valence-electron chi connectivity index (χ4n) is 3.80. The molecule has 1 N–H and O–H groups in total. The number of carbonyl (C=O) groups is 1. The van der Waals surface area contributed by atoms with Crippen molar-refractivity contribution in [2.24, 2.45) is 0 Å². The average molecular weight is 513 g/mol. The van der Waals surface area contributed by atoms with Crippen molar-refractivity contribution in [1.29, 1.82) is 0 Å². The van der Waals surface area contributed by atoms with Gasteiger partial charge in [0, 0.05) is 22.0 Å². The van der Waals surface area contributed by atoms with Crippen LogP contribution in [0.2, 0.25) is 5.02 Å². The number of thioether (sulfide) groups is 1. The molecule has 0 aliphatic carbocycles. The lowest BCUT2D eigenvalue weighted by Gasteiger charge is -2.28. The second kappa shape index (κ2) is 11.6. The van der Waals surface area contributed by atoms with Crippen LogP contribution in [0.25, 0.3) is 0 Å². The Hall–Kier alpha value is -2.97. The highest BCUT2D eigenvalue weighted by molar-refractivity contribution is 7.99. The normalized spacial score (nSPS) is 14.9. The summed E-state index contributed by atoms with van der Waals surface area (Å²) in [6, 6.07) is 14.8. The van der Waals surface area contributed by atoms with Crippen molar-refractivity contribution < 1.29 is 14.3 Å². The number of aromatic nitrogens is 3. The Morgan fingerprint density at radius 3 is 2.66 bits per heavy atom. The molecule has 0 fully saturated rings.